The fraction of sp³-hybridized carbons (Fsp3) is 0.214. The number of fused-ring (bicyclic) bond motifs is 1. The topological polar surface area (TPSA) is 114 Å². The molecule has 0 aliphatic rings. The van der Waals surface area contributed by atoms with Gasteiger partial charge in [0.2, 0.25) is 0 Å². The maximum absolute atomic E-state index is 12.4. The molecule has 0 atom stereocenters. The second kappa shape index (κ2) is 5.05. The summed E-state index contributed by atoms with van der Waals surface area (Å²) in [6.45, 7) is 0.175. The highest BCUT2D eigenvalue weighted by Gasteiger charge is 2.17. The zero-order valence-corrected chi connectivity index (χ0v) is 12.8. The Bertz CT molecular complexity index is 1140. The van der Waals surface area contributed by atoms with Gasteiger partial charge in [-0.05, 0) is 12.1 Å². The van der Waals surface area contributed by atoms with Gasteiger partial charge in [0.15, 0.2) is 22.7 Å². The second-order valence-corrected chi connectivity index (χ2v) is 5.24. The summed E-state index contributed by atoms with van der Waals surface area (Å²) in [5.74, 6) is 1.07. The first kappa shape index (κ1) is 14.2. The van der Waals surface area contributed by atoms with Gasteiger partial charge < -0.3 is 13.5 Å². The van der Waals surface area contributed by atoms with Crippen molar-refractivity contribution in [1.29, 1.82) is 0 Å². The first-order valence-corrected chi connectivity index (χ1v) is 7.03. The molecule has 4 heterocycles. The van der Waals surface area contributed by atoms with Gasteiger partial charge >= 0.3 is 5.69 Å². The minimum atomic E-state index is -0.433. The van der Waals surface area contributed by atoms with E-state index in [0.29, 0.717) is 22.7 Å². The molecule has 10 heteroatoms. The molecule has 0 saturated carbocycles. The van der Waals surface area contributed by atoms with Gasteiger partial charge in [0.25, 0.3) is 11.4 Å². The van der Waals surface area contributed by atoms with Gasteiger partial charge in [-0.3, -0.25) is 13.9 Å². The minimum absolute atomic E-state index is 0.175. The van der Waals surface area contributed by atoms with Gasteiger partial charge in [0, 0.05) is 14.1 Å². The number of aromatic nitrogens is 6. The van der Waals surface area contributed by atoms with Crippen molar-refractivity contribution in [3.05, 3.63) is 51.4 Å². The largest absolute Gasteiger partial charge is 0.459 e. The molecule has 0 radical (unpaired) electrons. The molecular weight excluding hydrogens is 316 g/mol. The lowest BCUT2D eigenvalue weighted by atomic mass is 10.4. The normalized spacial score (nSPS) is 11.4. The number of hydrogen-bond acceptors (Lipinski definition) is 7. The lowest BCUT2D eigenvalue weighted by Crippen LogP contribution is -2.37. The van der Waals surface area contributed by atoms with E-state index in [1.54, 1.807) is 23.7 Å². The van der Waals surface area contributed by atoms with E-state index in [1.165, 1.54) is 24.2 Å². The Morgan fingerprint density at radius 1 is 1.21 bits per heavy atom. The summed E-state index contributed by atoms with van der Waals surface area (Å²) in [5.41, 5.74) is -0.264. The first-order valence-electron chi connectivity index (χ1n) is 7.03. The smallest absolute Gasteiger partial charge is 0.332 e. The molecule has 0 saturated heterocycles. The molecule has 0 aliphatic carbocycles. The Kier molecular flexibility index (Phi) is 2.98. The van der Waals surface area contributed by atoms with Crippen molar-refractivity contribution in [3.63, 3.8) is 0 Å². The van der Waals surface area contributed by atoms with Crippen LogP contribution in [-0.2, 0) is 20.6 Å². The van der Waals surface area contributed by atoms with Gasteiger partial charge in [-0.1, -0.05) is 5.16 Å². The van der Waals surface area contributed by atoms with Crippen molar-refractivity contribution in [2.45, 2.75) is 6.54 Å². The van der Waals surface area contributed by atoms with Crippen molar-refractivity contribution < 1.29 is 8.94 Å². The number of nitrogens with zero attached hydrogens (tertiary/aromatic N) is 6. The average molecular weight is 328 g/mol. The van der Waals surface area contributed by atoms with Gasteiger partial charge in [0.05, 0.1) is 19.1 Å². The molecule has 24 heavy (non-hydrogen) atoms. The zero-order chi connectivity index (χ0) is 16.8. The molecule has 4 rings (SSSR count). The molecule has 0 fully saturated rings. The Hall–Kier alpha value is -3.43. The third-order valence-electron chi connectivity index (χ3n) is 3.73. The van der Waals surface area contributed by atoms with Crippen molar-refractivity contribution in [1.82, 2.24) is 28.8 Å². The van der Waals surface area contributed by atoms with Crippen LogP contribution in [0.2, 0.25) is 0 Å². The van der Waals surface area contributed by atoms with Crippen molar-refractivity contribution in [2.75, 3.05) is 0 Å². The molecule has 0 amide bonds. The van der Waals surface area contributed by atoms with Crippen LogP contribution in [0.5, 0.6) is 0 Å². The van der Waals surface area contributed by atoms with Gasteiger partial charge in [0.1, 0.15) is 0 Å². The van der Waals surface area contributed by atoms with E-state index in [1.807, 2.05) is 0 Å². The van der Waals surface area contributed by atoms with E-state index in [4.69, 9.17) is 8.94 Å². The highest BCUT2D eigenvalue weighted by Crippen LogP contribution is 2.17. The Morgan fingerprint density at radius 3 is 2.79 bits per heavy atom. The number of rotatable bonds is 3. The summed E-state index contributed by atoms with van der Waals surface area (Å²) in [7, 11) is 2.98. The van der Waals surface area contributed by atoms with E-state index < -0.39 is 11.2 Å². The maximum Gasteiger partial charge on any atom is 0.332 e. The number of imidazole rings is 1. The summed E-state index contributed by atoms with van der Waals surface area (Å²) < 4.78 is 14.3. The highest BCUT2D eigenvalue weighted by molar-refractivity contribution is 5.70. The predicted molar refractivity (Wildman–Crippen MR) is 81.3 cm³/mol. The van der Waals surface area contributed by atoms with Crippen molar-refractivity contribution >= 4 is 11.2 Å². The maximum atomic E-state index is 12.4. The van der Waals surface area contributed by atoms with Crippen LogP contribution in [0, 0.1) is 0 Å². The lowest BCUT2D eigenvalue weighted by molar-refractivity contribution is 0.407. The third kappa shape index (κ3) is 2.00. The molecule has 4 aromatic rings. The molecule has 0 aliphatic heterocycles. The highest BCUT2D eigenvalue weighted by atomic mass is 16.5. The van der Waals surface area contributed by atoms with Crippen LogP contribution in [0.25, 0.3) is 22.8 Å². The van der Waals surface area contributed by atoms with Gasteiger partial charge in [-0.2, -0.15) is 4.98 Å². The summed E-state index contributed by atoms with van der Waals surface area (Å²) >= 11 is 0. The molecule has 122 valence electrons. The van der Waals surface area contributed by atoms with E-state index >= 15 is 0 Å². The van der Waals surface area contributed by atoms with Gasteiger partial charge in [-0.25, -0.2) is 9.78 Å². The van der Waals surface area contributed by atoms with E-state index in [9.17, 15) is 9.59 Å². The number of furan rings is 1. The molecule has 0 bridgehead atoms. The van der Waals surface area contributed by atoms with E-state index in [2.05, 4.69) is 15.1 Å². The monoisotopic (exact) mass is 328 g/mol. The molecule has 0 spiro atoms. The molecule has 10 nitrogen and oxygen atoms in total. The first-order chi connectivity index (χ1) is 11.6. The Labute approximate surface area is 133 Å². The number of aryl methyl sites for hydroxylation is 1. The van der Waals surface area contributed by atoms with Crippen LogP contribution in [0.4, 0.5) is 0 Å². The standard InChI is InChI=1S/C14H12N6O4/c1-18-11-10(13(21)19(2)14(18)22)20(7-15-11)6-9-16-12(24-17-9)8-4-3-5-23-8/h3-5,7H,6H2,1-2H3. The average Bonchev–Trinajstić information content (AvgIpc) is 3.31. The van der Waals surface area contributed by atoms with Crippen LogP contribution in [-0.4, -0.2) is 28.8 Å². The minimum Gasteiger partial charge on any atom is -0.459 e. The fourth-order valence-electron chi connectivity index (χ4n) is 2.49. The summed E-state index contributed by atoms with van der Waals surface area (Å²) in [6.07, 6.45) is 2.97. The second-order valence-electron chi connectivity index (χ2n) is 5.24. The quantitative estimate of drug-likeness (QED) is 0.525. The van der Waals surface area contributed by atoms with Crippen molar-refractivity contribution in [3.8, 4) is 11.7 Å². The van der Waals surface area contributed by atoms with Crippen LogP contribution in [0.3, 0.4) is 0 Å². The Balaban J connectivity index is 1.79. The van der Waals surface area contributed by atoms with E-state index in [-0.39, 0.29) is 12.4 Å². The third-order valence-corrected chi connectivity index (χ3v) is 3.73. The van der Waals surface area contributed by atoms with E-state index in [0.717, 1.165) is 4.57 Å². The van der Waals surface area contributed by atoms with Crippen LogP contribution >= 0.6 is 0 Å². The zero-order valence-electron chi connectivity index (χ0n) is 12.8. The molecular formula is C14H12N6O4. The van der Waals surface area contributed by atoms with Crippen LogP contribution in [0.1, 0.15) is 5.82 Å². The van der Waals surface area contributed by atoms with Crippen LogP contribution in [0.15, 0.2) is 43.3 Å². The van der Waals surface area contributed by atoms with Crippen molar-refractivity contribution in [2.24, 2.45) is 14.1 Å². The molecule has 0 aromatic carbocycles. The number of hydrogen-bond donors (Lipinski definition) is 0. The fourth-order valence-corrected chi connectivity index (χ4v) is 2.49. The summed E-state index contributed by atoms with van der Waals surface area (Å²) in [6, 6.07) is 3.42. The van der Waals surface area contributed by atoms with Crippen LogP contribution < -0.4 is 11.2 Å². The molecule has 4 aromatic heterocycles. The summed E-state index contributed by atoms with van der Waals surface area (Å²) in [5, 5.41) is 3.87. The van der Waals surface area contributed by atoms with Gasteiger partial charge in [-0.15, -0.1) is 0 Å². The molecule has 0 N–H and O–H groups in total. The predicted octanol–water partition coefficient (Wildman–Crippen LogP) is 0.125. The Morgan fingerprint density at radius 2 is 2.04 bits per heavy atom. The lowest BCUT2D eigenvalue weighted by Gasteiger charge is -2.04. The molecule has 0 unspecified atom stereocenters. The SMILES string of the molecule is Cn1c(=O)c2c(ncn2Cc2noc(-c3ccco3)n2)n(C)c1=O. The summed E-state index contributed by atoms with van der Waals surface area (Å²) in [4.78, 5) is 32.7.